The van der Waals surface area contributed by atoms with Crippen molar-refractivity contribution in [3.63, 3.8) is 0 Å². The lowest BCUT2D eigenvalue weighted by atomic mass is 10.2. The number of alkyl halides is 3. The average Bonchev–Trinajstić information content (AvgIpc) is 3.12. The molecule has 5 nitrogen and oxygen atoms in total. The van der Waals surface area contributed by atoms with E-state index in [2.05, 4.69) is 9.97 Å². The molecule has 0 aromatic carbocycles. The zero-order valence-electron chi connectivity index (χ0n) is 14.7. The van der Waals surface area contributed by atoms with Gasteiger partial charge in [-0.1, -0.05) is 17.8 Å². The fourth-order valence-electron chi connectivity index (χ4n) is 2.78. The lowest BCUT2D eigenvalue weighted by Crippen LogP contribution is -2.48. The number of amides is 1. The Bertz CT molecular complexity index is 789. The molecule has 2 aromatic heterocycles. The van der Waals surface area contributed by atoms with Crippen molar-refractivity contribution >= 4 is 29.0 Å². The summed E-state index contributed by atoms with van der Waals surface area (Å²) in [4.78, 5) is 22.5. The molecule has 10 heteroatoms. The molecule has 2 unspecified atom stereocenters. The number of carbonyl (C=O) groups excluding carboxylic acids is 1. The van der Waals surface area contributed by atoms with Gasteiger partial charge in [0.2, 0.25) is 5.91 Å². The van der Waals surface area contributed by atoms with E-state index < -0.39 is 11.9 Å². The minimum absolute atomic E-state index is 0.0232. The monoisotopic (exact) mass is 417 g/mol. The maximum Gasteiger partial charge on any atom is 0.433 e. The van der Waals surface area contributed by atoms with Crippen molar-refractivity contribution in [2.45, 2.75) is 37.4 Å². The molecule has 2 atom stereocenters. The number of hydrogen-bond acceptors (Lipinski definition) is 6. The number of rotatable bonds is 4. The number of thioether (sulfide) groups is 1. The second kappa shape index (κ2) is 8.15. The first kappa shape index (κ1) is 20.1. The van der Waals surface area contributed by atoms with E-state index in [1.807, 2.05) is 13.8 Å². The van der Waals surface area contributed by atoms with Crippen molar-refractivity contribution in [3.05, 3.63) is 29.3 Å². The Kier molecular flexibility index (Phi) is 6.07. The molecular formula is C17H18F3N3O2S2. The summed E-state index contributed by atoms with van der Waals surface area (Å²) in [6.07, 6.45) is -4.72. The third-order valence-corrected chi connectivity index (χ3v) is 5.59. The van der Waals surface area contributed by atoms with Crippen molar-refractivity contribution in [2.75, 3.05) is 18.8 Å². The fraction of sp³-hybridized carbons (Fsp3) is 0.471. The summed E-state index contributed by atoms with van der Waals surface area (Å²) in [5.74, 6) is -0.189. The molecule has 0 radical (unpaired) electrons. The molecule has 0 spiro atoms. The van der Waals surface area contributed by atoms with E-state index in [4.69, 9.17) is 4.74 Å². The quantitative estimate of drug-likeness (QED) is 0.557. The van der Waals surface area contributed by atoms with Gasteiger partial charge in [0.15, 0.2) is 5.16 Å². The van der Waals surface area contributed by atoms with Crippen LogP contribution in [0.4, 0.5) is 13.2 Å². The molecule has 3 rings (SSSR count). The van der Waals surface area contributed by atoms with Gasteiger partial charge in [0.05, 0.1) is 28.5 Å². The van der Waals surface area contributed by atoms with Gasteiger partial charge in [-0.25, -0.2) is 9.97 Å². The van der Waals surface area contributed by atoms with Crippen LogP contribution in [0.1, 0.15) is 19.5 Å². The average molecular weight is 417 g/mol. The zero-order chi connectivity index (χ0) is 19.6. The van der Waals surface area contributed by atoms with Crippen LogP contribution in [0.5, 0.6) is 0 Å². The van der Waals surface area contributed by atoms with E-state index in [-0.39, 0.29) is 34.7 Å². The van der Waals surface area contributed by atoms with Crippen molar-refractivity contribution in [2.24, 2.45) is 0 Å². The normalized spacial score (nSPS) is 20.7. The minimum atomic E-state index is -4.58. The van der Waals surface area contributed by atoms with Gasteiger partial charge in [0.1, 0.15) is 5.69 Å². The van der Waals surface area contributed by atoms with Crippen LogP contribution in [-0.2, 0) is 15.7 Å². The Morgan fingerprint density at radius 2 is 2.04 bits per heavy atom. The highest BCUT2D eigenvalue weighted by Crippen LogP contribution is 2.33. The maximum absolute atomic E-state index is 13.2. The standard InChI is InChI=1S/C17H18F3N3O2S2/c1-10-7-23(8-11(2)25-10)15(24)9-27-16-21-12(13-4-3-5-26-13)6-14(22-16)17(18,19)20/h3-6,10-11H,7-9H2,1-2H3. The lowest BCUT2D eigenvalue weighted by Gasteiger charge is -2.35. The van der Waals surface area contributed by atoms with E-state index in [0.717, 1.165) is 17.8 Å². The molecule has 1 aliphatic rings. The van der Waals surface area contributed by atoms with Crippen molar-refractivity contribution in [1.82, 2.24) is 14.9 Å². The number of aromatic nitrogens is 2. The highest BCUT2D eigenvalue weighted by Gasteiger charge is 2.34. The zero-order valence-corrected chi connectivity index (χ0v) is 16.3. The van der Waals surface area contributed by atoms with E-state index in [1.165, 1.54) is 11.3 Å². The molecule has 146 valence electrons. The molecule has 1 saturated heterocycles. The number of thiophene rings is 1. The van der Waals surface area contributed by atoms with Gasteiger partial charge in [-0.05, 0) is 31.4 Å². The third kappa shape index (κ3) is 5.20. The minimum Gasteiger partial charge on any atom is -0.372 e. The molecular weight excluding hydrogens is 399 g/mol. The van der Waals surface area contributed by atoms with Crippen LogP contribution in [0, 0.1) is 0 Å². The Labute approximate surface area is 163 Å². The first-order valence-electron chi connectivity index (χ1n) is 8.28. The first-order chi connectivity index (χ1) is 12.7. The Balaban J connectivity index is 1.76. The Morgan fingerprint density at radius 3 is 2.63 bits per heavy atom. The molecule has 3 heterocycles. The van der Waals surface area contributed by atoms with Crippen LogP contribution in [-0.4, -0.2) is 51.8 Å². The van der Waals surface area contributed by atoms with Crippen molar-refractivity contribution < 1.29 is 22.7 Å². The predicted molar refractivity (Wildman–Crippen MR) is 97.7 cm³/mol. The molecule has 0 aliphatic carbocycles. The fourth-order valence-corrected chi connectivity index (χ4v) is 4.23. The van der Waals surface area contributed by atoms with Gasteiger partial charge >= 0.3 is 6.18 Å². The summed E-state index contributed by atoms with van der Waals surface area (Å²) >= 11 is 2.21. The van der Waals surface area contributed by atoms with Crippen LogP contribution >= 0.6 is 23.1 Å². The molecule has 1 aliphatic heterocycles. The largest absolute Gasteiger partial charge is 0.433 e. The highest BCUT2D eigenvalue weighted by atomic mass is 32.2. The number of nitrogens with zero attached hydrogens (tertiary/aromatic N) is 3. The topological polar surface area (TPSA) is 55.3 Å². The molecule has 0 N–H and O–H groups in total. The number of halogens is 3. The van der Waals surface area contributed by atoms with E-state index in [0.29, 0.717) is 18.0 Å². The summed E-state index contributed by atoms with van der Waals surface area (Å²) in [5, 5.41) is 1.71. The maximum atomic E-state index is 13.2. The molecule has 1 amide bonds. The van der Waals surface area contributed by atoms with Crippen LogP contribution in [0.25, 0.3) is 10.6 Å². The molecule has 0 bridgehead atoms. The van der Waals surface area contributed by atoms with Crippen LogP contribution in [0.3, 0.4) is 0 Å². The summed E-state index contributed by atoms with van der Waals surface area (Å²) in [6, 6.07) is 4.37. The van der Waals surface area contributed by atoms with Gasteiger partial charge in [-0.3, -0.25) is 4.79 Å². The molecule has 1 fully saturated rings. The van der Waals surface area contributed by atoms with E-state index in [9.17, 15) is 18.0 Å². The molecule has 0 saturated carbocycles. The second-order valence-electron chi connectivity index (χ2n) is 6.24. The number of hydrogen-bond donors (Lipinski definition) is 0. The summed E-state index contributed by atoms with van der Waals surface area (Å²) < 4.78 is 45.1. The Morgan fingerprint density at radius 1 is 1.33 bits per heavy atom. The van der Waals surface area contributed by atoms with Crippen LogP contribution < -0.4 is 0 Å². The predicted octanol–water partition coefficient (Wildman–Crippen LogP) is 3.95. The summed E-state index contributed by atoms with van der Waals surface area (Å²) in [7, 11) is 0. The third-order valence-electron chi connectivity index (χ3n) is 3.87. The Hall–Kier alpha value is -1.65. The van der Waals surface area contributed by atoms with Crippen molar-refractivity contribution in [1.29, 1.82) is 0 Å². The second-order valence-corrected chi connectivity index (χ2v) is 8.13. The van der Waals surface area contributed by atoms with Crippen molar-refractivity contribution in [3.8, 4) is 10.6 Å². The SMILES string of the molecule is CC1CN(C(=O)CSc2nc(-c3cccs3)cc(C(F)(F)F)n2)CC(C)O1. The van der Waals surface area contributed by atoms with Gasteiger partial charge in [-0.15, -0.1) is 11.3 Å². The summed E-state index contributed by atoms with van der Waals surface area (Å²) in [6.45, 7) is 4.69. The number of morpholine rings is 1. The van der Waals surface area contributed by atoms with E-state index >= 15 is 0 Å². The van der Waals surface area contributed by atoms with Gasteiger partial charge in [-0.2, -0.15) is 13.2 Å². The van der Waals surface area contributed by atoms with Crippen LogP contribution in [0.15, 0.2) is 28.7 Å². The van der Waals surface area contributed by atoms with Gasteiger partial charge in [0, 0.05) is 13.1 Å². The molecule has 2 aromatic rings. The highest BCUT2D eigenvalue weighted by molar-refractivity contribution is 7.99. The summed E-state index contributed by atoms with van der Waals surface area (Å²) in [5.41, 5.74) is -0.805. The van der Waals surface area contributed by atoms with Crippen LogP contribution in [0.2, 0.25) is 0 Å². The number of ether oxygens (including phenoxy) is 1. The smallest absolute Gasteiger partial charge is 0.372 e. The molecule has 27 heavy (non-hydrogen) atoms. The first-order valence-corrected chi connectivity index (χ1v) is 10.1. The number of carbonyl (C=O) groups is 1. The van der Waals surface area contributed by atoms with Gasteiger partial charge in [0.25, 0.3) is 0 Å². The lowest BCUT2D eigenvalue weighted by molar-refractivity contribution is -0.141. The van der Waals surface area contributed by atoms with E-state index in [1.54, 1.807) is 22.4 Å². The van der Waals surface area contributed by atoms with Gasteiger partial charge < -0.3 is 9.64 Å².